The topological polar surface area (TPSA) is 111 Å². The first-order valence-electron chi connectivity index (χ1n) is 8.45. The molecule has 0 saturated heterocycles. The van der Waals surface area contributed by atoms with Crippen molar-refractivity contribution in [3.05, 3.63) is 33.8 Å². The number of amides is 2. The summed E-state index contributed by atoms with van der Waals surface area (Å²) in [4.78, 5) is 29.8. The summed E-state index contributed by atoms with van der Waals surface area (Å²) < 4.78 is 5.63. The number of nitrogens with zero attached hydrogens (tertiary/aromatic N) is 2. The molecule has 1 aliphatic heterocycles. The number of fused-ring (bicyclic) bond motifs is 1. The van der Waals surface area contributed by atoms with Crippen LogP contribution in [0.15, 0.2) is 33.2 Å². The minimum atomic E-state index is -0.809. The zero-order valence-electron chi connectivity index (χ0n) is 14.7. The summed E-state index contributed by atoms with van der Waals surface area (Å²) >= 11 is 3.42. The molecule has 2 rings (SSSR count). The molecule has 1 heterocycles. The number of rotatable bonds is 7. The van der Waals surface area contributed by atoms with Crippen LogP contribution in [0.5, 0.6) is 0 Å². The second kappa shape index (κ2) is 9.38. The van der Waals surface area contributed by atoms with Crippen LogP contribution in [0.2, 0.25) is 0 Å². The van der Waals surface area contributed by atoms with E-state index >= 15 is 0 Å². The van der Waals surface area contributed by atoms with Crippen LogP contribution in [0.1, 0.15) is 31.7 Å². The summed E-state index contributed by atoms with van der Waals surface area (Å²) in [5, 5.41) is 0. The van der Waals surface area contributed by atoms with E-state index in [4.69, 9.17) is 16.2 Å². The maximum atomic E-state index is 13.0. The Morgan fingerprint density at radius 1 is 1.35 bits per heavy atom. The van der Waals surface area contributed by atoms with Crippen LogP contribution < -0.4 is 11.5 Å². The van der Waals surface area contributed by atoms with Crippen LogP contribution in [0.25, 0.3) is 6.08 Å². The van der Waals surface area contributed by atoms with Crippen molar-refractivity contribution in [2.75, 3.05) is 19.7 Å². The van der Waals surface area contributed by atoms with E-state index in [1.165, 1.54) is 0 Å². The Morgan fingerprint density at radius 3 is 2.81 bits per heavy atom. The number of aliphatic imine (C=N–C) groups is 1. The molecule has 0 bridgehead atoms. The van der Waals surface area contributed by atoms with Gasteiger partial charge < -0.3 is 21.1 Å². The molecule has 0 atom stereocenters. The summed E-state index contributed by atoms with van der Waals surface area (Å²) in [7, 11) is 0. The number of carbonyl (C=O) groups excluding carboxylic acids is 2. The summed E-state index contributed by atoms with van der Waals surface area (Å²) in [5.41, 5.74) is 13.1. The van der Waals surface area contributed by atoms with Crippen molar-refractivity contribution in [3.63, 3.8) is 0 Å². The molecule has 4 N–H and O–H groups in total. The second-order valence-corrected chi connectivity index (χ2v) is 6.88. The molecule has 1 aromatic carbocycles. The molecule has 0 fully saturated rings. The number of ether oxygens (including phenoxy) is 1. The Bertz CT molecular complexity index is 746. The van der Waals surface area contributed by atoms with Gasteiger partial charge in [0.15, 0.2) is 0 Å². The summed E-state index contributed by atoms with van der Waals surface area (Å²) in [6, 6.07) is 5.68. The lowest BCUT2D eigenvalue weighted by molar-refractivity contribution is -0.127. The zero-order valence-corrected chi connectivity index (χ0v) is 16.3. The minimum Gasteiger partial charge on any atom is -0.450 e. The van der Waals surface area contributed by atoms with Gasteiger partial charge in [-0.2, -0.15) is 0 Å². The van der Waals surface area contributed by atoms with E-state index in [1.54, 1.807) is 4.90 Å². The van der Waals surface area contributed by atoms with E-state index in [2.05, 4.69) is 20.9 Å². The Kier molecular flexibility index (Phi) is 7.20. The van der Waals surface area contributed by atoms with Crippen LogP contribution in [0.4, 0.5) is 10.5 Å². The fourth-order valence-corrected chi connectivity index (χ4v) is 3.07. The van der Waals surface area contributed by atoms with E-state index in [0.717, 1.165) is 22.1 Å². The number of amidine groups is 1. The van der Waals surface area contributed by atoms with Gasteiger partial charge in [-0.25, -0.2) is 9.79 Å². The van der Waals surface area contributed by atoms with Gasteiger partial charge in [-0.15, -0.1) is 0 Å². The quantitative estimate of drug-likeness (QED) is 0.657. The molecule has 0 aromatic heterocycles. The van der Waals surface area contributed by atoms with Gasteiger partial charge in [0.05, 0.1) is 12.3 Å². The first-order chi connectivity index (χ1) is 12.4. The van der Waals surface area contributed by atoms with E-state index in [1.807, 2.05) is 31.2 Å². The number of nitrogens with two attached hydrogens (primary N) is 2. The molecule has 7 nitrogen and oxygen atoms in total. The predicted molar refractivity (Wildman–Crippen MR) is 105 cm³/mol. The van der Waals surface area contributed by atoms with Crippen molar-refractivity contribution >= 4 is 45.5 Å². The highest BCUT2D eigenvalue weighted by molar-refractivity contribution is 9.10. The third-order valence-corrected chi connectivity index (χ3v) is 4.32. The largest absolute Gasteiger partial charge is 0.450 e. The number of primary amides is 1. The second-order valence-electron chi connectivity index (χ2n) is 5.97. The molecular formula is C18H23BrN4O3. The highest BCUT2D eigenvalue weighted by atomic mass is 79.9. The Balaban J connectivity index is 2.17. The summed E-state index contributed by atoms with van der Waals surface area (Å²) in [6.45, 7) is 3.27. The normalized spacial score (nSPS) is 13.2. The van der Waals surface area contributed by atoms with Crippen molar-refractivity contribution in [3.8, 4) is 0 Å². The molecule has 1 aliphatic rings. The number of hydrogen-bond acceptors (Lipinski definition) is 5. The predicted octanol–water partition coefficient (Wildman–Crippen LogP) is 2.95. The van der Waals surface area contributed by atoms with Gasteiger partial charge in [-0.3, -0.25) is 4.79 Å². The van der Waals surface area contributed by atoms with Gasteiger partial charge in [0.25, 0.3) is 0 Å². The lowest BCUT2D eigenvalue weighted by Crippen LogP contribution is -2.35. The van der Waals surface area contributed by atoms with E-state index in [9.17, 15) is 9.59 Å². The van der Waals surface area contributed by atoms with Gasteiger partial charge in [0.2, 0.25) is 5.91 Å². The first kappa shape index (κ1) is 20.0. The third-order valence-electron chi connectivity index (χ3n) is 3.83. The van der Waals surface area contributed by atoms with Crippen LogP contribution >= 0.6 is 15.9 Å². The maximum absolute atomic E-state index is 13.0. The SMILES string of the molecule is CCCN(CCCOC(N)=O)C(=O)C1=Cc2ccc(Br)cc2N=C(N)C1. The van der Waals surface area contributed by atoms with Gasteiger partial charge in [0, 0.05) is 35.1 Å². The number of carbonyl (C=O) groups is 2. The highest BCUT2D eigenvalue weighted by Gasteiger charge is 2.21. The fraction of sp³-hybridized carbons (Fsp3) is 0.389. The molecule has 26 heavy (non-hydrogen) atoms. The highest BCUT2D eigenvalue weighted by Crippen LogP contribution is 2.29. The Morgan fingerprint density at radius 2 is 2.12 bits per heavy atom. The average molecular weight is 423 g/mol. The molecule has 8 heteroatoms. The van der Waals surface area contributed by atoms with Crippen molar-refractivity contribution in [1.82, 2.24) is 4.90 Å². The van der Waals surface area contributed by atoms with Crippen LogP contribution in [-0.4, -0.2) is 42.4 Å². The fourth-order valence-electron chi connectivity index (χ4n) is 2.72. The molecule has 0 saturated carbocycles. The van der Waals surface area contributed by atoms with Gasteiger partial charge in [-0.1, -0.05) is 28.9 Å². The molecular weight excluding hydrogens is 400 g/mol. The lowest BCUT2D eigenvalue weighted by atomic mass is 10.1. The van der Waals surface area contributed by atoms with Crippen LogP contribution in [0.3, 0.4) is 0 Å². The summed E-state index contributed by atoms with van der Waals surface area (Å²) in [5.74, 6) is 0.315. The van der Waals surface area contributed by atoms with E-state index in [-0.39, 0.29) is 12.5 Å². The van der Waals surface area contributed by atoms with Gasteiger partial charge >= 0.3 is 6.09 Å². The molecule has 0 aliphatic carbocycles. The monoisotopic (exact) mass is 422 g/mol. The van der Waals surface area contributed by atoms with E-state index < -0.39 is 6.09 Å². The molecule has 0 radical (unpaired) electrons. The van der Waals surface area contributed by atoms with Gasteiger partial charge in [0.1, 0.15) is 5.84 Å². The van der Waals surface area contributed by atoms with Crippen LogP contribution in [-0.2, 0) is 9.53 Å². The molecule has 1 aromatic rings. The average Bonchev–Trinajstić information content (AvgIpc) is 2.74. The zero-order chi connectivity index (χ0) is 19.1. The van der Waals surface area contributed by atoms with E-state index in [0.29, 0.717) is 37.3 Å². The molecule has 140 valence electrons. The smallest absolute Gasteiger partial charge is 0.404 e. The van der Waals surface area contributed by atoms with Crippen molar-refractivity contribution in [2.24, 2.45) is 16.5 Å². The molecule has 0 spiro atoms. The molecule has 2 amide bonds. The maximum Gasteiger partial charge on any atom is 0.404 e. The van der Waals surface area contributed by atoms with Crippen molar-refractivity contribution in [2.45, 2.75) is 26.2 Å². The van der Waals surface area contributed by atoms with Crippen LogP contribution in [0, 0.1) is 0 Å². The van der Waals surface area contributed by atoms with Crippen molar-refractivity contribution in [1.29, 1.82) is 0 Å². The standard InChI is InChI=1S/C18H23BrN4O3/c1-2-6-23(7-3-8-26-18(21)25)17(24)13-9-12-4-5-14(19)11-15(12)22-16(20)10-13/h4-5,9,11H,2-3,6-8,10H2,1H3,(H2,20,22)(H2,21,25). The Labute approximate surface area is 161 Å². The third kappa shape index (κ3) is 5.59. The van der Waals surface area contributed by atoms with Gasteiger partial charge in [-0.05, 0) is 31.1 Å². The molecule has 0 unspecified atom stereocenters. The summed E-state index contributed by atoms with van der Waals surface area (Å²) in [6.07, 6.45) is 2.67. The Hall–Kier alpha value is -2.35. The minimum absolute atomic E-state index is 0.0835. The number of hydrogen-bond donors (Lipinski definition) is 2. The number of benzene rings is 1. The van der Waals surface area contributed by atoms with Crippen molar-refractivity contribution < 1.29 is 14.3 Å². The lowest BCUT2D eigenvalue weighted by Gasteiger charge is -2.23. The number of halogens is 1. The first-order valence-corrected chi connectivity index (χ1v) is 9.24.